The molecule has 0 aliphatic carbocycles. The first kappa shape index (κ1) is 15.3. The lowest BCUT2D eigenvalue weighted by Gasteiger charge is -2.14. The fourth-order valence-corrected chi connectivity index (χ4v) is 2.13. The quantitative estimate of drug-likeness (QED) is 0.629. The van der Waals surface area contributed by atoms with Gasteiger partial charge in [0.25, 0.3) is 0 Å². The van der Waals surface area contributed by atoms with E-state index < -0.39 is 0 Å². The van der Waals surface area contributed by atoms with Crippen molar-refractivity contribution < 1.29 is 9.53 Å². The Kier molecular flexibility index (Phi) is 5.61. The van der Waals surface area contributed by atoms with E-state index in [-0.39, 0.29) is 5.97 Å². The molecule has 1 rings (SSSR count). The second kappa shape index (κ2) is 6.98. The lowest BCUT2D eigenvalue weighted by atomic mass is 10.0. The predicted molar refractivity (Wildman–Crippen MR) is 79.5 cm³/mol. The molecule has 0 radical (unpaired) electrons. The molecule has 0 unspecified atom stereocenters. The molecular formula is C16H23NO2. The van der Waals surface area contributed by atoms with Crippen molar-refractivity contribution >= 4 is 11.7 Å². The first-order chi connectivity index (χ1) is 8.95. The average molecular weight is 261 g/mol. The molecule has 0 saturated carbocycles. The van der Waals surface area contributed by atoms with Crippen LogP contribution in [-0.2, 0) is 9.53 Å². The second-order valence-corrected chi connectivity index (χ2v) is 4.77. The molecule has 1 N–H and O–H groups in total. The Labute approximate surface area is 115 Å². The van der Waals surface area contributed by atoms with Crippen LogP contribution in [0.5, 0.6) is 0 Å². The van der Waals surface area contributed by atoms with Crippen LogP contribution in [0.2, 0.25) is 0 Å². The normalized spacial score (nSPS) is 10.1. The average Bonchev–Trinajstić information content (AvgIpc) is 2.32. The van der Waals surface area contributed by atoms with Crippen molar-refractivity contribution in [3.8, 4) is 0 Å². The van der Waals surface area contributed by atoms with E-state index in [1.165, 1.54) is 16.7 Å². The fourth-order valence-electron chi connectivity index (χ4n) is 2.13. The zero-order chi connectivity index (χ0) is 14.4. The van der Waals surface area contributed by atoms with Crippen LogP contribution < -0.4 is 5.32 Å². The highest BCUT2D eigenvalue weighted by Gasteiger charge is 2.08. The minimum absolute atomic E-state index is 0.304. The molecule has 0 atom stereocenters. The van der Waals surface area contributed by atoms with Gasteiger partial charge in [-0.3, -0.25) is 0 Å². The van der Waals surface area contributed by atoms with Gasteiger partial charge in [-0.2, -0.15) is 0 Å². The van der Waals surface area contributed by atoms with Gasteiger partial charge in [-0.05, 0) is 45.2 Å². The van der Waals surface area contributed by atoms with Gasteiger partial charge in [-0.15, -0.1) is 0 Å². The molecule has 1 aromatic carbocycles. The smallest absolute Gasteiger partial charge is 0.333 e. The minimum atomic E-state index is -0.304. The van der Waals surface area contributed by atoms with E-state index in [9.17, 15) is 4.79 Å². The fraction of sp³-hybridized carbons (Fsp3) is 0.438. The summed E-state index contributed by atoms with van der Waals surface area (Å²) in [4.78, 5) is 11.4. The first-order valence-corrected chi connectivity index (χ1v) is 6.62. The van der Waals surface area contributed by atoms with Gasteiger partial charge in [0.2, 0.25) is 0 Å². The van der Waals surface area contributed by atoms with Gasteiger partial charge in [0.05, 0.1) is 6.61 Å². The number of carbonyl (C=O) groups excluding carboxylic acids is 1. The Morgan fingerprint density at radius 3 is 2.37 bits per heavy atom. The highest BCUT2D eigenvalue weighted by atomic mass is 16.5. The summed E-state index contributed by atoms with van der Waals surface area (Å²) in [5.41, 5.74) is 5.36. The van der Waals surface area contributed by atoms with E-state index >= 15 is 0 Å². The first-order valence-electron chi connectivity index (χ1n) is 6.62. The monoisotopic (exact) mass is 261 g/mol. The number of nitrogens with one attached hydrogen (secondary N) is 1. The van der Waals surface area contributed by atoms with Crippen LogP contribution >= 0.6 is 0 Å². The van der Waals surface area contributed by atoms with E-state index in [1.54, 1.807) is 6.92 Å². The predicted octanol–water partition coefficient (Wildman–Crippen LogP) is 3.53. The molecule has 104 valence electrons. The van der Waals surface area contributed by atoms with Gasteiger partial charge in [0.1, 0.15) is 0 Å². The number of rotatable bonds is 6. The number of benzene rings is 1. The lowest BCUT2D eigenvalue weighted by Crippen LogP contribution is -2.12. The molecule has 0 amide bonds. The third-order valence-electron chi connectivity index (χ3n) is 2.97. The van der Waals surface area contributed by atoms with Crippen molar-refractivity contribution in [1.82, 2.24) is 0 Å². The second-order valence-electron chi connectivity index (χ2n) is 4.77. The summed E-state index contributed by atoms with van der Waals surface area (Å²) in [5, 5.41) is 3.37. The number of carbonyl (C=O) groups is 1. The minimum Gasteiger partial charge on any atom is -0.463 e. The number of anilines is 1. The summed E-state index contributed by atoms with van der Waals surface area (Å²) < 4.78 is 4.90. The molecule has 0 aromatic heterocycles. The number of aryl methyl sites for hydroxylation is 3. The Morgan fingerprint density at radius 2 is 1.84 bits per heavy atom. The zero-order valence-electron chi connectivity index (χ0n) is 12.3. The molecule has 0 aliphatic heterocycles. The molecule has 19 heavy (non-hydrogen) atoms. The summed E-state index contributed by atoms with van der Waals surface area (Å²) >= 11 is 0. The standard InChI is InChI=1S/C16H23NO2/c1-6-19-16(18)12(3)7-8-17-15-13(4)9-11(2)10-14(15)5/h9-10,17H,3,6-8H2,1-2,4-5H3. The zero-order valence-corrected chi connectivity index (χ0v) is 12.3. The summed E-state index contributed by atoms with van der Waals surface area (Å²) in [6.07, 6.45) is 0.589. The molecule has 0 aliphatic rings. The molecule has 1 aromatic rings. The van der Waals surface area contributed by atoms with Gasteiger partial charge in [-0.25, -0.2) is 4.79 Å². The summed E-state index contributed by atoms with van der Waals surface area (Å²) in [6, 6.07) is 4.30. The number of esters is 1. The Hall–Kier alpha value is -1.77. The molecule has 0 spiro atoms. The third-order valence-corrected chi connectivity index (χ3v) is 2.97. The lowest BCUT2D eigenvalue weighted by molar-refractivity contribution is -0.138. The Balaban J connectivity index is 2.54. The van der Waals surface area contributed by atoms with Crippen LogP contribution in [0.25, 0.3) is 0 Å². The van der Waals surface area contributed by atoms with Crippen LogP contribution in [0.3, 0.4) is 0 Å². The van der Waals surface area contributed by atoms with Gasteiger partial charge in [0, 0.05) is 17.8 Å². The third kappa shape index (κ3) is 4.43. The van der Waals surface area contributed by atoms with Crippen LogP contribution in [-0.4, -0.2) is 19.1 Å². The molecule has 3 nitrogen and oxygen atoms in total. The molecule has 0 heterocycles. The van der Waals surface area contributed by atoms with Gasteiger partial charge < -0.3 is 10.1 Å². The number of hydrogen-bond donors (Lipinski definition) is 1. The highest BCUT2D eigenvalue weighted by Crippen LogP contribution is 2.22. The summed E-state index contributed by atoms with van der Waals surface area (Å²) in [6.45, 7) is 12.9. The summed E-state index contributed by atoms with van der Waals surface area (Å²) in [5.74, 6) is -0.304. The molecule has 3 heteroatoms. The molecule has 0 bridgehead atoms. The highest BCUT2D eigenvalue weighted by molar-refractivity contribution is 5.87. The number of ether oxygens (including phenoxy) is 1. The van der Waals surface area contributed by atoms with Gasteiger partial charge >= 0.3 is 5.97 Å². The Bertz CT molecular complexity index is 455. The maximum Gasteiger partial charge on any atom is 0.333 e. The SMILES string of the molecule is C=C(CCNc1c(C)cc(C)cc1C)C(=O)OCC. The number of hydrogen-bond acceptors (Lipinski definition) is 3. The van der Waals surface area contributed by atoms with Crippen molar-refractivity contribution in [2.75, 3.05) is 18.5 Å². The van der Waals surface area contributed by atoms with Crippen molar-refractivity contribution in [2.24, 2.45) is 0 Å². The van der Waals surface area contributed by atoms with Crippen molar-refractivity contribution in [3.05, 3.63) is 41.0 Å². The van der Waals surface area contributed by atoms with E-state index in [0.717, 1.165) is 5.69 Å². The van der Waals surface area contributed by atoms with Crippen molar-refractivity contribution in [2.45, 2.75) is 34.1 Å². The topological polar surface area (TPSA) is 38.3 Å². The molecule has 0 fully saturated rings. The van der Waals surface area contributed by atoms with Crippen LogP contribution in [0.1, 0.15) is 30.0 Å². The largest absolute Gasteiger partial charge is 0.463 e. The molecular weight excluding hydrogens is 238 g/mol. The Morgan fingerprint density at radius 1 is 1.26 bits per heavy atom. The van der Waals surface area contributed by atoms with Crippen molar-refractivity contribution in [3.63, 3.8) is 0 Å². The maximum absolute atomic E-state index is 11.4. The molecule has 0 saturated heterocycles. The van der Waals surface area contributed by atoms with Crippen LogP contribution in [0.15, 0.2) is 24.3 Å². The van der Waals surface area contributed by atoms with Crippen LogP contribution in [0, 0.1) is 20.8 Å². The van der Waals surface area contributed by atoms with Gasteiger partial charge in [-0.1, -0.05) is 24.3 Å². The summed E-state index contributed by atoms with van der Waals surface area (Å²) in [7, 11) is 0. The van der Waals surface area contributed by atoms with Crippen LogP contribution in [0.4, 0.5) is 5.69 Å². The van der Waals surface area contributed by atoms with E-state index in [2.05, 4.69) is 44.8 Å². The van der Waals surface area contributed by atoms with Crippen molar-refractivity contribution in [1.29, 1.82) is 0 Å². The van der Waals surface area contributed by atoms with E-state index in [0.29, 0.717) is 25.1 Å². The maximum atomic E-state index is 11.4. The van der Waals surface area contributed by atoms with Gasteiger partial charge in [0.15, 0.2) is 0 Å². The van der Waals surface area contributed by atoms with E-state index in [1.807, 2.05) is 0 Å². The van der Waals surface area contributed by atoms with E-state index in [4.69, 9.17) is 4.74 Å².